The fraction of sp³-hybridized carbons (Fsp3) is 0.190. The third kappa shape index (κ3) is 3.53. The summed E-state index contributed by atoms with van der Waals surface area (Å²) in [6, 6.07) is 12.4. The second-order valence-corrected chi connectivity index (χ2v) is 6.44. The molecule has 0 saturated heterocycles. The van der Waals surface area contributed by atoms with Gasteiger partial charge in [-0.3, -0.25) is 9.78 Å². The van der Waals surface area contributed by atoms with Crippen LogP contribution in [0.15, 0.2) is 55.0 Å². The number of aromatic nitrogens is 3. The van der Waals surface area contributed by atoms with Gasteiger partial charge in [-0.2, -0.15) is 5.26 Å². The van der Waals surface area contributed by atoms with Gasteiger partial charge >= 0.3 is 0 Å². The van der Waals surface area contributed by atoms with Crippen LogP contribution < -0.4 is 5.32 Å². The average Bonchev–Trinajstić information content (AvgIpc) is 2.74. The van der Waals surface area contributed by atoms with Gasteiger partial charge in [-0.15, -0.1) is 0 Å². The second-order valence-electron chi connectivity index (χ2n) is 6.44. The Kier molecular flexibility index (Phi) is 4.58. The van der Waals surface area contributed by atoms with Gasteiger partial charge in [-0.1, -0.05) is 6.07 Å². The lowest BCUT2D eigenvalue weighted by molar-refractivity contribution is 0.0932. The van der Waals surface area contributed by atoms with E-state index >= 15 is 0 Å². The van der Waals surface area contributed by atoms with E-state index in [4.69, 9.17) is 10.2 Å². The highest BCUT2D eigenvalue weighted by molar-refractivity contribution is 5.94. The normalized spacial score (nSPS) is 15.4. The summed E-state index contributed by atoms with van der Waals surface area (Å²) in [7, 11) is 0. The van der Waals surface area contributed by atoms with E-state index in [2.05, 4.69) is 21.4 Å². The van der Waals surface area contributed by atoms with Crippen LogP contribution in [0.5, 0.6) is 0 Å². The molecule has 0 unspecified atom stereocenters. The van der Waals surface area contributed by atoms with E-state index in [9.17, 15) is 4.79 Å². The molecule has 0 fully saturated rings. The number of aryl methyl sites for hydroxylation is 1. The van der Waals surface area contributed by atoms with Crippen LogP contribution in [0.3, 0.4) is 0 Å². The zero-order valence-electron chi connectivity index (χ0n) is 14.6. The Morgan fingerprint density at radius 2 is 2.07 bits per heavy atom. The van der Waals surface area contributed by atoms with Crippen LogP contribution in [-0.2, 0) is 6.42 Å². The molecule has 0 aliphatic heterocycles. The number of amides is 1. The largest absolute Gasteiger partial charge is 0.345 e. The summed E-state index contributed by atoms with van der Waals surface area (Å²) in [5, 5.41) is 12.1. The number of benzene rings is 1. The highest BCUT2D eigenvalue weighted by Gasteiger charge is 2.24. The molecule has 3 aromatic rings. The molecule has 4 rings (SSSR count). The molecule has 0 radical (unpaired) electrons. The van der Waals surface area contributed by atoms with Crippen LogP contribution in [-0.4, -0.2) is 20.9 Å². The summed E-state index contributed by atoms with van der Waals surface area (Å²) < 4.78 is 0. The molecule has 0 saturated carbocycles. The first kappa shape index (κ1) is 16.9. The lowest BCUT2D eigenvalue weighted by atomic mass is 9.92. The minimum Gasteiger partial charge on any atom is -0.345 e. The molecule has 2 heterocycles. The van der Waals surface area contributed by atoms with Crippen molar-refractivity contribution in [2.45, 2.75) is 25.3 Å². The van der Waals surface area contributed by atoms with Gasteiger partial charge in [0.15, 0.2) is 5.82 Å². The number of carbonyl (C=O) groups excluding carboxylic acids is 1. The smallest absolute Gasteiger partial charge is 0.251 e. The second kappa shape index (κ2) is 7.34. The molecule has 1 aliphatic carbocycles. The molecular weight excluding hydrogens is 338 g/mol. The maximum absolute atomic E-state index is 12.6. The van der Waals surface area contributed by atoms with E-state index in [1.807, 2.05) is 18.3 Å². The topological polar surface area (TPSA) is 91.6 Å². The van der Waals surface area contributed by atoms with Gasteiger partial charge in [0.2, 0.25) is 0 Å². The van der Waals surface area contributed by atoms with Crippen LogP contribution in [0.2, 0.25) is 0 Å². The molecule has 1 aromatic carbocycles. The van der Waals surface area contributed by atoms with E-state index < -0.39 is 0 Å². The first-order valence-corrected chi connectivity index (χ1v) is 8.82. The van der Waals surface area contributed by atoms with Crippen molar-refractivity contribution in [1.82, 2.24) is 20.3 Å². The first-order valence-electron chi connectivity index (χ1n) is 8.82. The van der Waals surface area contributed by atoms with Gasteiger partial charge in [0.1, 0.15) is 0 Å². The van der Waals surface area contributed by atoms with Gasteiger partial charge in [0.25, 0.3) is 5.91 Å². The standard InChI is InChI=1S/C21H17N5O/c22-12-14-3-1-4-16(11-14)21(27)26-19-6-2-5-18-17(19)13-24-20(25-18)15-7-9-23-10-8-15/h1,3-4,7-11,13,19H,2,5-6H2,(H,26,27)/t19-/m0/s1. The van der Waals surface area contributed by atoms with Gasteiger partial charge in [-0.25, -0.2) is 9.97 Å². The number of nitrogens with zero attached hydrogens (tertiary/aromatic N) is 4. The minimum atomic E-state index is -0.192. The number of nitriles is 1. The molecule has 132 valence electrons. The molecule has 1 aliphatic rings. The Hall–Kier alpha value is -3.59. The number of carbonyl (C=O) groups is 1. The Balaban J connectivity index is 1.58. The lowest BCUT2D eigenvalue weighted by Crippen LogP contribution is -2.31. The van der Waals surface area contributed by atoms with Crippen LogP contribution in [0.25, 0.3) is 11.4 Å². The first-order chi connectivity index (χ1) is 13.2. The van der Waals surface area contributed by atoms with Gasteiger partial charge in [0, 0.05) is 41.0 Å². The van der Waals surface area contributed by atoms with Crippen molar-refractivity contribution in [3.8, 4) is 17.5 Å². The molecule has 0 spiro atoms. The maximum atomic E-state index is 12.6. The Bertz CT molecular complexity index is 1030. The van der Waals surface area contributed by atoms with E-state index in [1.165, 1.54) is 0 Å². The van der Waals surface area contributed by atoms with Gasteiger partial charge in [0.05, 0.1) is 17.7 Å². The number of hydrogen-bond acceptors (Lipinski definition) is 5. The van der Waals surface area contributed by atoms with E-state index in [1.54, 1.807) is 36.7 Å². The molecule has 6 heteroatoms. The van der Waals surface area contributed by atoms with Crippen LogP contribution in [0, 0.1) is 11.3 Å². The summed E-state index contributed by atoms with van der Waals surface area (Å²) in [6.45, 7) is 0. The Morgan fingerprint density at radius 3 is 2.89 bits per heavy atom. The highest BCUT2D eigenvalue weighted by atomic mass is 16.1. The third-order valence-corrected chi connectivity index (χ3v) is 4.68. The lowest BCUT2D eigenvalue weighted by Gasteiger charge is -2.25. The van der Waals surface area contributed by atoms with Gasteiger partial charge < -0.3 is 5.32 Å². The zero-order chi connectivity index (χ0) is 18.6. The van der Waals surface area contributed by atoms with E-state index in [-0.39, 0.29) is 11.9 Å². The summed E-state index contributed by atoms with van der Waals surface area (Å²) in [5.74, 6) is 0.480. The fourth-order valence-electron chi connectivity index (χ4n) is 3.31. The Labute approximate surface area is 156 Å². The van der Waals surface area contributed by atoms with Crippen molar-refractivity contribution < 1.29 is 4.79 Å². The van der Waals surface area contributed by atoms with Gasteiger partial charge in [-0.05, 0) is 49.6 Å². The molecule has 2 aromatic heterocycles. The highest BCUT2D eigenvalue weighted by Crippen LogP contribution is 2.29. The van der Waals surface area contributed by atoms with Crippen LogP contribution >= 0.6 is 0 Å². The summed E-state index contributed by atoms with van der Waals surface area (Å²) in [5.41, 5.74) is 3.81. The molecular formula is C21H17N5O. The fourth-order valence-corrected chi connectivity index (χ4v) is 3.31. The number of rotatable bonds is 3. The van der Waals surface area contributed by atoms with Crippen LogP contribution in [0.1, 0.15) is 46.1 Å². The van der Waals surface area contributed by atoms with E-state index in [0.717, 1.165) is 36.1 Å². The van der Waals surface area contributed by atoms with Crippen molar-refractivity contribution in [3.63, 3.8) is 0 Å². The molecule has 0 bridgehead atoms. The zero-order valence-corrected chi connectivity index (χ0v) is 14.6. The number of fused-ring (bicyclic) bond motifs is 1. The third-order valence-electron chi connectivity index (χ3n) is 4.68. The monoisotopic (exact) mass is 355 g/mol. The number of nitrogens with one attached hydrogen (secondary N) is 1. The summed E-state index contributed by atoms with van der Waals surface area (Å²) in [6.07, 6.45) is 7.91. The quantitative estimate of drug-likeness (QED) is 0.779. The maximum Gasteiger partial charge on any atom is 0.251 e. The number of pyridine rings is 1. The number of hydrogen-bond donors (Lipinski definition) is 1. The predicted octanol–water partition coefficient (Wildman–Crippen LogP) is 3.22. The average molecular weight is 355 g/mol. The molecule has 6 nitrogen and oxygen atoms in total. The van der Waals surface area contributed by atoms with Crippen molar-refractivity contribution in [2.75, 3.05) is 0 Å². The molecule has 1 atom stereocenters. The molecule has 1 N–H and O–H groups in total. The van der Waals surface area contributed by atoms with Crippen molar-refractivity contribution >= 4 is 5.91 Å². The SMILES string of the molecule is N#Cc1cccc(C(=O)N[C@H]2CCCc3nc(-c4ccncc4)ncc32)c1. The van der Waals surface area contributed by atoms with Crippen molar-refractivity contribution in [3.05, 3.63) is 77.4 Å². The molecule has 1 amide bonds. The van der Waals surface area contributed by atoms with Crippen LogP contribution in [0.4, 0.5) is 0 Å². The van der Waals surface area contributed by atoms with E-state index in [0.29, 0.717) is 17.0 Å². The summed E-state index contributed by atoms with van der Waals surface area (Å²) in [4.78, 5) is 25.8. The van der Waals surface area contributed by atoms with Crippen molar-refractivity contribution in [2.24, 2.45) is 0 Å². The summed E-state index contributed by atoms with van der Waals surface area (Å²) >= 11 is 0. The molecule has 27 heavy (non-hydrogen) atoms. The van der Waals surface area contributed by atoms with Crippen molar-refractivity contribution in [1.29, 1.82) is 5.26 Å². The minimum absolute atomic E-state index is 0.126. The Morgan fingerprint density at radius 1 is 1.22 bits per heavy atom. The predicted molar refractivity (Wildman–Crippen MR) is 99.6 cm³/mol.